The summed E-state index contributed by atoms with van der Waals surface area (Å²) in [7, 11) is -0.980. The summed E-state index contributed by atoms with van der Waals surface area (Å²) >= 11 is 0. The predicted molar refractivity (Wildman–Crippen MR) is 89.1 cm³/mol. The minimum atomic E-state index is -0.980. The minimum Gasteiger partial charge on any atom is -0.351 e. The molecule has 1 heterocycles. The Kier molecular flexibility index (Phi) is 5.13. The van der Waals surface area contributed by atoms with E-state index in [1.165, 1.54) is 6.20 Å². The highest BCUT2D eigenvalue weighted by atomic mass is 32.2. The molecule has 2 aromatic rings. The molecule has 0 bridgehead atoms. The number of hydrogen-bond acceptors (Lipinski definition) is 3. The number of aromatic nitrogens is 2. The third kappa shape index (κ3) is 4.04. The van der Waals surface area contributed by atoms with Crippen LogP contribution in [0.15, 0.2) is 36.5 Å². The molecule has 1 amide bonds. The molecule has 0 aliphatic heterocycles. The molecule has 5 nitrogen and oxygen atoms in total. The molecule has 118 valence electrons. The Morgan fingerprint density at radius 2 is 1.95 bits per heavy atom. The lowest BCUT2D eigenvalue weighted by Gasteiger charge is -2.17. The van der Waals surface area contributed by atoms with Gasteiger partial charge in [0.2, 0.25) is 0 Å². The Morgan fingerprint density at radius 1 is 1.27 bits per heavy atom. The number of nitrogens with zero attached hydrogens (tertiary/aromatic N) is 1. The summed E-state index contributed by atoms with van der Waals surface area (Å²) in [6.07, 6.45) is 1.51. The number of carbonyl (C=O) groups is 1. The molecule has 0 saturated carbocycles. The molecule has 1 atom stereocenters. The first-order valence-corrected chi connectivity index (χ1v) is 8.47. The minimum absolute atomic E-state index is 0.210. The Balaban J connectivity index is 2.00. The number of hydrogen-bond donors (Lipinski definition) is 2. The maximum atomic E-state index is 12.3. The van der Waals surface area contributed by atoms with E-state index < -0.39 is 10.8 Å². The maximum Gasteiger partial charge on any atom is 0.255 e. The van der Waals surface area contributed by atoms with Crippen molar-refractivity contribution in [3.8, 4) is 11.3 Å². The van der Waals surface area contributed by atoms with Crippen molar-refractivity contribution in [1.82, 2.24) is 15.5 Å². The van der Waals surface area contributed by atoms with Crippen molar-refractivity contribution in [2.75, 3.05) is 12.3 Å². The van der Waals surface area contributed by atoms with Gasteiger partial charge in [0.05, 0.1) is 17.5 Å². The molecule has 1 aromatic heterocycles. The van der Waals surface area contributed by atoms with Crippen LogP contribution < -0.4 is 5.32 Å². The van der Waals surface area contributed by atoms with Crippen LogP contribution in [-0.4, -0.2) is 37.4 Å². The van der Waals surface area contributed by atoms with Crippen LogP contribution >= 0.6 is 0 Å². The van der Waals surface area contributed by atoms with Crippen LogP contribution in [0.3, 0.4) is 0 Å². The van der Waals surface area contributed by atoms with E-state index in [1.54, 1.807) is 0 Å². The van der Waals surface area contributed by atoms with E-state index in [4.69, 9.17) is 0 Å². The summed E-state index contributed by atoms with van der Waals surface area (Å²) in [5.41, 5.74) is 2.09. The van der Waals surface area contributed by atoms with Crippen molar-refractivity contribution >= 4 is 16.7 Å². The molecule has 0 aliphatic rings. The molecule has 0 radical (unpaired) electrons. The first-order valence-electron chi connectivity index (χ1n) is 7.15. The number of benzene rings is 1. The van der Waals surface area contributed by atoms with Gasteiger partial charge in [0.25, 0.3) is 5.91 Å². The third-order valence-electron chi connectivity index (χ3n) is 3.20. The Hall–Kier alpha value is -1.95. The number of nitrogens with one attached hydrogen (secondary N) is 2. The first kappa shape index (κ1) is 16.4. The average molecular weight is 319 g/mol. The van der Waals surface area contributed by atoms with Crippen LogP contribution in [-0.2, 0) is 10.8 Å². The largest absolute Gasteiger partial charge is 0.351 e. The molecular formula is C16H21N3O2S. The van der Waals surface area contributed by atoms with Crippen LogP contribution in [0, 0.1) is 0 Å². The van der Waals surface area contributed by atoms with E-state index in [2.05, 4.69) is 15.5 Å². The summed E-state index contributed by atoms with van der Waals surface area (Å²) in [6.45, 7) is 6.15. The van der Waals surface area contributed by atoms with Gasteiger partial charge in [-0.05, 0) is 20.8 Å². The fourth-order valence-electron chi connectivity index (χ4n) is 1.94. The average Bonchev–Trinajstić information content (AvgIpc) is 2.96. The normalized spacial score (nSPS) is 12.9. The van der Waals surface area contributed by atoms with Gasteiger partial charge in [-0.25, -0.2) is 0 Å². The van der Waals surface area contributed by atoms with E-state index in [9.17, 15) is 9.00 Å². The predicted octanol–water partition coefficient (Wildman–Crippen LogP) is 2.35. The fraction of sp³-hybridized carbons (Fsp3) is 0.375. The lowest BCUT2D eigenvalue weighted by atomic mass is 10.1. The van der Waals surface area contributed by atoms with Gasteiger partial charge < -0.3 is 5.32 Å². The standard InChI is InChI=1S/C16H21N3O2S/c1-16(2,3)22(21)10-9-17-15(20)13-11-18-19-14(13)12-7-5-4-6-8-12/h4-8,11H,9-10H2,1-3H3,(H,17,20)(H,18,19)/t22-/m1/s1. The third-order valence-corrected chi connectivity index (χ3v) is 5.14. The van der Waals surface area contributed by atoms with Gasteiger partial charge in [-0.15, -0.1) is 0 Å². The van der Waals surface area contributed by atoms with Gasteiger partial charge in [0.1, 0.15) is 0 Å². The van der Waals surface area contributed by atoms with Crippen LogP contribution in [0.5, 0.6) is 0 Å². The molecule has 0 aliphatic carbocycles. The Morgan fingerprint density at radius 3 is 2.59 bits per heavy atom. The van der Waals surface area contributed by atoms with Crippen LogP contribution in [0.4, 0.5) is 0 Å². The van der Waals surface area contributed by atoms with Crippen molar-refractivity contribution < 1.29 is 9.00 Å². The second kappa shape index (κ2) is 6.87. The Labute approximate surface area is 133 Å². The van der Waals surface area contributed by atoms with Gasteiger partial charge in [-0.2, -0.15) is 5.10 Å². The molecule has 2 N–H and O–H groups in total. The summed E-state index contributed by atoms with van der Waals surface area (Å²) in [5, 5.41) is 9.62. The molecule has 6 heteroatoms. The van der Waals surface area contributed by atoms with E-state index in [0.717, 1.165) is 5.56 Å². The lowest BCUT2D eigenvalue weighted by Crippen LogP contribution is -2.32. The molecule has 2 rings (SSSR count). The van der Waals surface area contributed by atoms with E-state index in [1.807, 2.05) is 51.1 Å². The first-order chi connectivity index (χ1) is 10.4. The smallest absolute Gasteiger partial charge is 0.255 e. The quantitative estimate of drug-likeness (QED) is 0.888. The highest BCUT2D eigenvalue weighted by molar-refractivity contribution is 7.86. The van der Waals surface area contributed by atoms with E-state index in [0.29, 0.717) is 23.6 Å². The van der Waals surface area contributed by atoms with Gasteiger partial charge in [-0.3, -0.25) is 14.1 Å². The zero-order valence-corrected chi connectivity index (χ0v) is 13.9. The van der Waals surface area contributed by atoms with Gasteiger partial charge >= 0.3 is 0 Å². The number of carbonyl (C=O) groups excluding carboxylic acids is 1. The molecule has 22 heavy (non-hydrogen) atoms. The van der Waals surface area contributed by atoms with Crippen molar-refractivity contribution in [2.45, 2.75) is 25.5 Å². The SMILES string of the molecule is CC(C)(C)[S@](=O)CCNC(=O)c1cn[nH]c1-c1ccccc1. The van der Waals surface area contributed by atoms with Crippen LogP contribution in [0.2, 0.25) is 0 Å². The second-order valence-corrected chi connectivity index (χ2v) is 8.27. The molecule has 0 unspecified atom stereocenters. The van der Waals surface area contributed by atoms with Crippen molar-refractivity contribution in [3.05, 3.63) is 42.1 Å². The molecular weight excluding hydrogens is 298 g/mol. The molecule has 0 spiro atoms. The van der Waals surface area contributed by atoms with Crippen molar-refractivity contribution in [3.63, 3.8) is 0 Å². The lowest BCUT2D eigenvalue weighted by molar-refractivity contribution is 0.0957. The van der Waals surface area contributed by atoms with Gasteiger partial charge in [0.15, 0.2) is 0 Å². The highest BCUT2D eigenvalue weighted by Crippen LogP contribution is 2.20. The Bertz CT molecular complexity index is 660. The zero-order valence-electron chi connectivity index (χ0n) is 13.1. The zero-order chi connectivity index (χ0) is 16.2. The van der Waals surface area contributed by atoms with Crippen LogP contribution in [0.25, 0.3) is 11.3 Å². The summed E-state index contributed by atoms with van der Waals surface area (Å²) < 4.78 is 11.7. The highest BCUT2D eigenvalue weighted by Gasteiger charge is 2.20. The van der Waals surface area contributed by atoms with Gasteiger partial charge in [-0.1, -0.05) is 30.3 Å². The molecule has 0 saturated heterocycles. The monoisotopic (exact) mass is 319 g/mol. The second-order valence-electron chi connectivity index (χ2n) is 5.94. The van der Waals surface area contributed by atoms with E-state index >= 15 is 0 Å². The van der Waals surface area contributed by atoms with Gasteiger partial charge in [0, 0.05) is 33.4 Å². The molecule has 1 aromatic carbocycles. The summed E-state index contributed by atoms with van der Waals surface area (Å²) in [4.78, 5) is 12.3. The van der Waals surface area contributed by atoms with E-state index in [-0.39, 0.29) is 10.7 Å². The fourth-order valence-corrected chi connectivity index (χ4v) is 2.84. The topological polar surface area (TPSA) is 74.8 Å². The van der Waals surface area contributed by atoms with Crippen LogP contribution in [0.1, 0.15) is 31.1 Å². The summed E-state index contributed by atoms with van der Waals surface area (Å²) in [6, 6.07) is 9.56. The summed E-state index contributed by atoms with van der Waals surface area (Å²) in [5.74, 6) is 0.229. The number of H-pyrrole nitrogens is 1. The van der Waals surface area contributed by atoms with Crippen molar-refractivity contribution in [2.24, 2.45) is 0 Å². The molecule has 0 fully saturated rings. The number of aromatic amines is 1. The van der Waals surface area contributed by atoms with Crippen molar-refractivity contribution in [1.29, 1.82) is 0 Å². The number of rotatable bonds is 5. The maximum absolute atomic E-state index is 12.3. The number of amides is 1.